The number of nitrogen functional groups attached to an aromatic ring is 1. The normalized spacial score (nSPS) is 18.7. The van der Waals surface area contributed by atoms with Gasteiger partial charge in [0.1, 0.15) is 5.84 Å². The van der Waals surface area contributed by atoms with Crippen LogP contribution in [0.1, 0.15) is 16.7 Å². The van der Waals surface area contributed by atoms with Crippen LogP contribution in [0.5, 0.6) is 0 Å². The van der Waals surface area contributed by atoms with Crippen molar-refractivity contribution in [2.24, 2.45) is 5.73 Å². The number of nitrogens with two attached hydrogens (primary N) is 1. The van der Waals surface area contributed by atoms with Crippen molar-refractivity contribution in [3.63, 3.8) is 0 Å². The number of ether oxygens (including phenoxy) is 1. The van der Waals surface area contributed by atoms with Crippen LogP contribution in [-0.2, 0) is 32.1 Å². The highest BCUT2D eigenvalue weighted by Crippen LogP contribution is 2.27. The van der Waals surface area contributed by atoms with Gasteiger partial charge in [0.25, 0.3) is 11.8 Å². The Hall–Kier alpha value is -3.80. The van der Waals surface area contributed by atoms with Crippen molar-refractivity contribution in [1.29, 1.82) is 5.41 Å². The van der Waals surface area contributed by atoms with Crippen molar-refractivity contribution < 1.29 is 29.3 Å². The highest BCUT2D eigenvalue weighted by Gasteiger charge is 2.39. The van der Waals surface area contributed by atoms with Crippen molar-refractivity contribution >= 4 is 34.9 Å². The summed E-state index contributed by atoms with van der Waals surface area (Å²) in [6.07, 6.45) is -2.97. The van der Waals surface area contributed by atoms with E-state index < -0.39 is 24.0 Å². The van der Waals surface area contributed by atoms with Crippen LogP contribution in [0.25, 0.3) is 0 Å². The molecule has 0 aromatic heterocycles. The van der Waals surface area contributed by atoms with E-state index in [1.165, 1.54) is 17.0 Å². The van der Waals surface area contributed by atoms with Crippen LogP contribution in [-0.4, -0.2) is 77.2 Å². The van der Waals surface area contributed by atoms with Crippen LogP contribution >= 0.6 is 0 Å². The molecule has 2 atom stereocenters. The highest BCUT2D eigenvalue weighted by molar-refractivity contribution is 6.04. The number of fused-ring (bicyclic) bond motifs is 1. The van der Waals surface area contributed by atoms with Gasteiger partial charge in [0, 0.05) is 36.6 Å². The van der Waals surface area contributed by atoms with E-state index in [1.54, 1.807) is 29.2 Å². The number of nitrogens with one attached hydrogen (secondary N) is 2. The van der Waals surface area contributed by atoms with E-state index in [4.69, 9.17) is 21.0 Å². The fourth-order valence-corrected chi connectivity index (χ4v) is 4.17. The van der Waals surface area contributed by atoms with Gasteiger partial charge in [-0.25, -0.2) is 0 Å². The summed E-state index contributed by atoms with van der Waals surface area (Å²) in [5.74, 6) is -1.58. The Kier molecular flexibility index (Phi) is 7.10. The van der Waals surface area contributed by atoms with Crippen molar-refractivity contribution in [2.75, 3.05) is 36.5 Å². The van der Waals surface area contributed by atoms with Crippen LogP contribution < -0.4 is 16.0 Å². The summed E-state index contributed by atoms with van der Waals surface area (Å²) in [4.78, 5) is 41.1. The van der Waals surface area contributed by atoms with Crippen LogP contribution in [0.2, 0.25) is 0 Å². The lowest BCUT2D eigenvalue weighted by atomic mass is 9.97. The summed E-state index contributed by atoms with van der Waals surface area (Å²) in [5.41, 5.74) is 8.56. The van der Waals surface area contributed by atoms with Gasteiger partial charge in [0.05, 0.1) is 19.6 Å². The maximum atomic E-state index is 13.1. The van der Waals surface area contributed by atoms with Crippen LogP contribution in [0.4, 0.5) is 11.4 Å². The first-order chi connectivity index (χ1) is 16.8. The van der Waals surface area contributed by atoms with Crippen molar-refractivity contribution in [3.05, 3.63) is 59.2 Å². The predicted molar refractivity (Wildman–Crippen MR) is 127 cm³/mol. The Morgan fingerprint density at radius 2 is 1.94 bits per heavy atom. The number of hydrogen-bond donors (Lipinski definition) is 5. The van der Waals surface area contributed by atoms with Crippen molar-refractivity contribution in [3.8, 4) is 0 Å². The van der Waals surface area contributed by atoms with Crippen molar-refractivity contribution in [1.82, 2.24) is 4.90 Å². The lowest BCUT2D eigenvalue weighted by molar-refractivity contribution is -0.150. The van der Waals surface area contributed by atoms with Gasteiger partial charge in [-0.2, -0.15) is 0 Å². The number of hydrogen-bond acceptors (Lipinski definition) is 7. The third-order valence-electron chi connectivity index (χ3n) is 6.07. The van der Waals surface area contributed by atoms with Crippen LogP contribution in [0, 0.1) is 5.41 Å². The average molecular weight is 482 g/mol. The Morgan fingerprint density at radius 1 is 1.20 bits per heavy atom. The molecule has 0 bridgehead atoms. The quantitative estimate of drug-likeness (QED) is 0.264. The van der Waals surface area contributed by atoms with E-state index in [0.29, 0.717) is 23.5 Å². The minimum Gasteiger partial charge on any atom is -0.395 e. The first-order valence-electron chi connectivity index (χ1n) is 11.2. The number of rotatable bonds is 7. The summed E-state index contributed by atoms with van der Waals surface area (Å²) in [6.45, 7) is 0.905. The molecule has 2 aromatic carbocycles. The Balaban J connectivity index is 1.45. The second kappa shape index (κ2) is 10.2. The fourth-order valence-electron chi connectivity index (χ4n) is 4.17. The number of amidine groups is 1. The second-order valence-electron chi connectivity index (χ2n) is 8.38. The number of amides is 3. The summed E-state index contributed by atoms with van der Waals surface area (Å²) in [6, 6.07) is 11.5. The predicted octanol–water partition coefficient (Wildman–Crippen LogP) is -0.421. The standard InChI is InChI=1S/C24H27N5O6/c25-22(26)14-1-4-17(5-2-14)27-23(33)20(32)21-24(34)29(8-10-35-21)18-6-3-15-13-28(7-9-30)19(31)12-16(15)11-18/h1-6,11,20-21,30,32H,7-10,12-13H2,(H3,25,26)(H,27,33)/t20?,21-/m1/s1. The number of aliphatic hydroxyl groups is 2. The van der Waals surface area contributed by atoms with Gasteiger partial charge in [-0.05, 0) is 47.5 Å². The molecular formula is C24H27N5O6. The van der Waals surface area contributed by atoms with Gasteiger partial charge in [0.15, 0.2) is 12.2 Å². The lowest BCUT2D eigenvalue weighted by Crippen LogP contribution is -2.55. The lowest BCUT2D eigenvalue weighted by Gasteiger charge is -2.35. The maximum absolute atomic E-state index is 13.1. The number of anilines is 2. The smallest absolute Gasteiger partial charge is 0.259 e. The molecule has 2 aliphatic rings. The molecule has 3 amide bonds. The number of carbonyl (C=O) groups excluding carboxylic acids is 3. The molecule has 1 saturated heterocycles. The number of morpholine rings is 1. The molecule has 11 heteroatoms. The SMILES string of the molecule is N=C(N)c1ccc(NC(=O)C(O)[C@H]2OCCN(c3ccc4c(c3)CC(=O)N(CCO)C4)C2=O)cc1. The fraction of sp³-hybridized carbons (Fsp3) is 0.333. The van der Waals surface area contributed by atoms with E-state index in [0.717, 1.165) is 11.1 Å². The van der Waals surface area contributed by atoms with Crippen LogP contribution in [0.3, 0.4) is 0 Å². The van der Waals surface area contributed by atoms with Gasteiger partial charge in [-0.1, -0.05) is 6.07 Å². The van der Waals surface area contributed by atoms with Gasteiger partial charge in [-0.15, -0.1) is 0 Å². The van der Waals surface area contributed by atoms with E-state index in [9.17, 15) is 19.5 Å². The Bertz CT molecular complexity index is 1150. The summed E-state index contributed by atoms with van der Waals surface area (Å²) >= 11 is 0. The largest absolute Gasteiger partial charge is 0.395 e. The highest BCUT2D eigenvalue weighted by atomic mass is 16.5. The number of benzene rings is 2. The zero-order valence-corrected chi connectivity index (χ0v) is 18.9. The third-order valence-corrected chi connectivity index (χ3v) is 6.07. The molecule has 0 saturated carbocycles. The second-order valence-corrected chi connectivity index (χ2v) is 8.38. The molecule has 11 nitrogen and oxygen atoms in total. The molecule has 2 heterocycles. The molecule has 1 unspecified atom stereocenters. The average Bonchev–Trinajstić information content (AvgIpc) is 2.84. The Labute approximate surface area is 201 Å². The van der Waals surface area contributed by atoms with Gasteiger partial charge in [0.2, 0.25) is 5.91 Å². The summed E-state index contributed by atoms with van der Waals surface area (Å²) < 4.78 is 5.45. The van der Waals surface area contributed by atoms with Gasteiger partial charge < -0.3 is 35.8 Å². The van der Waals surface area contributed by atoms with E-state index in [2.05, 4.69) is 5.32 Å². The molecule has 1 fully saturated rings. The minimum absolute atomic E-state index is 0.0988. The molecule has 35 heavy (non-hydrogen) atoms. The van der Waals surface area contributed by atoms with E-state index in [1.807, 2.05) is 6.07 Å². The maximum Gasteiger partial charge on any atom is 0.259 e. The zero-order chi connectivity index (χ0) is 25.1. The third kappa shape index (κ3) is 5.16. The monoisotopic (exact) mass is 481 g/mol. The molecule has 2 aliphatic heterocycles. The number of aliphatic hydroxyl groups excluding tert-OH is 2. The van der Waals surface area contributed by atoms with Crippen molar-refractivity contribution in [2.45, 2.75) is 25.2 Å². The summed E-state index contributed by atoms with van der Waals surface area (Å²) in [5, 5.41) is 29.7. The van der Waals surface area contributed by atoms with E-state index >= 15 is 0 Å². The minimum atomic E-state index is -1.75. The van der Waals surface area contributed by atoms with Crippen LogP contribution in [0.15, 0.2) is 42.5 Å². The number of carbonyl (C=O) groups is 3. The summed E-state index contributed by atoms with van der Waals surface area (Å²) in [7, 11) is 0. The molecule has 0 spiro atoms. The zero-order valence-electron chi connectivity index (χ0n) is 18.9. The first kappa shape index (κ1) is 24.3. The topological polar surface area (TPSA) is 169 Å². The van der Waals surface area contributed by atoms with Gasteiger partial charge >= 0.3 is 0 Å². The molecular weight excluding hydrogens is 454 g/mol. The first-order valence-corrected chi connectivity index (χ1v) is 11.2. The Morgan fingerprint density at radius 3 is 2.63 bits per heavy atom. The van der Waals surface area contributed by atoms with E-state index in [-0.39, 0.29) is 44.5 Å². The molecule has 184 valence electrons. The molecule has 0 aliphatic carbocycles. The number of β-amino-alcohol motifs (C(OH)–C–C–N with tert-alkyl or cyclic N) is 1. The molecule has 0 radical (unpaired) electrons. The number of nitrogens with zero attached hydrogens (tertiary/aromatic N) is 2. The molecule has 4 rings (SSSR count). The van der Waals surface area contributed by atoms with Gasteiger partial charge in [-0.3, -0.25) is 19.8 Å². The molecule has 2 aromatic rings. The molecule has 6 N–H and O–H groups in total.